The van der Waals surface area contributed by atoms with E-state index in [1.165, 1.54) is 12.1 Å². The van der Waals surface area contributed by atoms with Crippen LogP contribution in [0, 0.1) is 5.82 Å². The lowest BCUT2D eigenvalue weighted by Gasteiger charge is -2.19. The minimum absolute atomic E-state index is 0.294. The smallest absolute Gasteiger partial charge is 0.158 e. The van der Waals surface area contributed by atoms with Crippen molar-refractivity contribution in [1.29, 1.82) is 0 Å². The van der Waals surface area contributed by atoms with Crippen molar-refractivity contribution in [3.63, 3.8) is 0 Å². The molecule has 0 fully saturated rings. The molecule has 1 N–H and O–H groups in total. The molecule has 3 heterocycles. The van der Waals surface area contributed by atoms with E-state index in [9.17, 15) is 4.39 Å². The fraction of sp³-hybridized carbons (Fsp3) is 0.240. The van der Waals surface area contributed by atoms with E-state index in [1.807, 2.05) is 41.4 Å². The average molecular weight is 445 g/mol. The van der Waals surface area contributed by atoms with Crippen LogP contribution >= 0.6 is 0 Å². The second-order valence-electron chi connectivity index (χ2n) is 7.93. The third-order valence-electron chi connectivity index (χ3n) is 5.41. The molecule has 0 bridgehead atoms. The fourth-order valence-electron chi connectivity index (χ4n) is 3.64. The summed E-state index contributed by atoms with van der Waals surface area (Å²) in [6, 6.07) is 16.1. The molecule has 5 rings (SSSR count). The number of hydrogen-bond donors (Lipinski definition) is 1. The number of imidazole rings is 1. The summed E-state index contributed by atoms with van der Waals surface area (Å²) in [5, 5.41) is 10.5. The Morgan fingerprint density at radius 3 is 2.82 bits per heavy atom. The molecule has 0 atom stereocenters. The average Bonchev–Trinajstić information content (AvgIpc) is 3.47. The molecule has 0 amide bonds. The standard InChI is InChI=1S/C25H24FN5O2/c1-2-3-11-32-20-9-7-17(8-10-20)22-13-21(33-30-22)15-31-16-24-23(14-27-31)28-25(29-24)18-5-4-6-19(26)12-18/h4-10,12-14H,2-3,11,15-16H2,1H3,(H,28,29). The number of benzene rings is 2. The summed E-state index contributed by atoms with van der Waals surface area (Å²) >= 11 is 0. The SMILES string of the molecule is CCCCOc1ccc(-c2cc(CN3Cc4[nH]c(-c5cccc(F)c5)nc4C=N3)on2)cc1. The van der Waals surface area contributed by atoms with E-state index < -0.39 is 0 Å². The molecule has 33 heavy (non-hydrogen) atoms. The molecule has 0 saturated heterocycles. The second-order valence-corrected chi connectivity index (χ2v) is 7.93. The largest absolute Gasteiger partial charge is 0.494 e. The van der Waals surface area contributed by atoms with Gasteiger partial charge < -0.3 is 14.2 Å². The lowest BCUT2D eigenvalue weighted by molar-refractivity contribution is 0.229. The van der Waals surface area contributed by atoms with E-state index in [1.54, 1.807) is 12.3 Å². The second kappa shape index (κ2) is 9.28. The van der Waals surface area contributed by atoms with Crippen molar-refractivity contribution in [2.45, 2.75) is 32.9 Å². The maximum atomic E-state index is 13.5. The molecule has 0 aliphatic carbocycles. The fourth-order valence-corrected chi connectivity index (χ4v) is 3.64. The molecule has 0 radical (unpaired) electrons. The number of hydrogen-bond acceptors (Lipinski definition) is 6. The molecule has 2 aromatic heterocycles. The number of H-pyrrole nitrogens is 1. The quantitative estimate of drug-likeness (QED) is 0.367. The van der Waals surface area contributed by atoms with E-state index in [4.69, 9.17) is 9.26 Å². The number of ether oxygens (including phenoxy) is 1. The summed E-state index contributed by atoms with van der Waals surface area (Å²) in [5.41, 5.74) is 4.10. The monoisotopic (exact) mass is 445 g/mol. The molecule has 0 unspecified atom stereocenters. The Balaban J connectivity index is 1.23. The van der Waals surface area contributed by atoms with E-state index in [2.05, 4.69) is 27.1 Å². The highest BCUT2D eigenvalue weighted by Crippen LogP contribution is 2.25. The van der Waals surface area contributed by atoms with Gasteiger partial charge in [-0.2, -0.15) is 5.10 Å². The number of fused-ring (bicyclic) bond motifs is 1. The van der Waals surface area contributed by atoms with Crippen molar-refractivity contribution in [3.05, 3.63) is 77.6 Å². The van der Waals surface area contributed by atoms with Crippen LogP contribution in [-0.4, -0.2) is 33.0 Å². The predicted molar refractivity (Wildman–Crippen MR) is 123 cm³/mol. The molecule has 0 saturated carbocycles. The van der Waals surface area contributed by atoms with Gasteiger partial charge in [-0.25, -0.2) is 9.37 Å². The lowest BCUT2D eigenvalue weighted by Crippen LogP contribution is -2.21. The summed E-state index contributed by atoms with van der Waals surface area (Å²) in [6.07, 6.45) is 3.85. The Kier molecular flexibility index (Phi) is 5.89. The maximum absolute atomic E-state index is 13.5. The van der Waals surface area contributed by atoms with Crippen LogP contribution in [0.3, 0.4) is 0 Å². The van der Waals surface area contributed by atoms with Crippen molar-refractivity contribution >= 4 is 6.21 Å². The Labute approximate surface area is 190 Å². The zero-order valence-electron chi connectivity index (χ0n) is 18.3. The Hall–Kier alpha value is -3.94. The number of halogens is 1. The molecule has 1 aliphatic rings. The van der Waals surface area contributed by atoms with E-state index in [-0.39, 0.29) is 5.82 Å². The summed E-state index contributed by atoms with van der Waals surface area (Å²) in [7, 11) is 0. The van der Waals surface area contributed by atoms with Crippen molar-refractivity contribution in [2.24, 2.45) is 5.10 Å². The van der Waals surface area contributed by atoms with Crippen LogP contribution in [0.4, 0.5) is 4.39 Å². The highest BCUT2D eigenvalue weighted by atomic mass is 19.1. The number of nitrogens with zero attached hydrogens (tertiary/aromatic N) is 4. The van der Waals surface area contributed by atoms with Gasteiger partial charge >= 0.3 is 0 Å². The van der Waals surface area contributed by atoms with Crippen LogP contribution in [-0.2, 0) is 13.1 Å². The van der Waals surface area contributed by atoms with Crippen LogP contribution in [0.1, 0.15) is 36.9 Å². The number of aromatic amines is 1. The number of hydrazone groups is 1. The molecule has 0 spiro atoms. The van der Waals surface area contributed by atoms with Crippen molar-refractivity contribution in [3.8, 4) is 28.4 Å². The first-order chi connectivity index (χ1) is 16.2. The molecule has 8 heteroatoms. The summed E-state index contributed by atoms with van der Waals surface area (Å²) in [4.78, 5) is 7.81. The zero-order valence-corrected chi connectivity index (χ0v) is 18.3. The van der Waals surface area contributed by atoms with Gasteiger partial charge in [0, 0.05) is 17.2 Å². The molecule has 4 aromatic rings. The minimum atomic E-state index is -0.294. The van der Waals surface area contributed by atoms with Gasteiger partial charge in [-0.1, -0.05) is 30.6 Å². The molecule has 2 aromatic carbocycles. The van der Waals surface area contributed by atoms with Crippen molar-refractivity contribution < 1.29 is 13.7 Å². The van der Waals surface area contributed by atoms with Gasteiger partial charge in [0.25, 0.3) is 0 Å². The summed E-state index contributed by atoms with van der Waals surface area (Å²) in [6.45, 7) is 3.87. The van der Waals surface area contributed by atoms with Crippen molar-refractivity contribution in [2.75, 3.05) is 6.61 Å². The molecule has 7 nitrogen and oxygen atoms in total. The van der Waals surface area contributed by atoms with Gasteiger partial charge in [0.2, 0.25) is 0 Å². The Bertz CT molecular complexity index is 1260. The summed E-state index contributed by atoms with van der Waals surface area (Å²) < 4.78 is 24.8. The van der Waals surface area contributed by atoms with Gasteiger partial charge in [-0.15, -0.1) is 0 Å². The van der Waals surface area contributed by atoms with Crippen LogP contribution in [0.25, 0.3) is 22.6 Å². The highest BCUT2D eigenvalue weighted by Gasteiger charge is 2.19. The third kappa shape index (κ3) is 4.79. The van der Waals surface area contributed by atoms with Gasteiger partial charge in [-0.05, 0) is 42.8 Å². The van der Waals surface area contributed by atoms with Crippen molar-refractivity contribution in [1.82, 2.24) is 20.1 Å². The van der Waals surface area contributed by atoms with Gasteiger partial charge in [0.1, 0.15) is 28.8 Å². The Morgan fingerprint density at radius 1 is 1.12 bits per heavy atom. The third-order valence-corrected chi connectivity index (χ3v) is 5.41. The zero-order chi connectivity index (χ0) is 22.6. The predicted octanol–water partition coefficient (Wildman–Crippen LogP) is 5.40. The molecular weight excluding hydrogens is 421 g/mol. The number of aromatic nitrogens is 3. The summed E-state index contributed by atoms with van der Waals surface area (Å²) in [5.74, 6) is 1.89. The molecule has 168 valence electrons. The minimum Gasteiger partial charge on any atom is -0.494 e. The highest BCUT2D eigenvalue weighted by molar-refractivity contribution is 5.80. The molecule has 1 aliphatic heterocycles. The van der Waals surface area contributed by atoms with Gasteiger partial charge in [0.15, 0.2) is 5.76 Å². The van der Waals surface area contributed by atoms with E-state index in [0.29, 0.717) is 30.2 Å². The van der Waals surface area contributed by atoms with E-state index in [0.717, 1.165) is 47.8 Å². The molecular formula is C25H24FN5O2. The van der Waals surface area contributed by atoms with Crippen LogP contribution in [0.5, 0.6) is 5.75 Å². The van der Waals surface area contributed by atoms with Crippen LogP contribution in [0.15, 0.2) is 64.2 Å². The topological polar surface area (TPSA) is 79.5 Å². The first-order valence-electron chi connectivity index (χ1n) is 11.0. The van der Waals surface area contributed by atoms with Crippen LogP contribution in [0.2, 0.25) is 0 Å². The normalized spacial score (nSPS) is 12.7. The first kappa shape index (κ1) is 20.9. The van der Waals surface area contributed by atoms with E-state index >= 15 is 0 Å². The van der Waals surface area contributed by atoms with Gasteiger partial charge in [0.05, 0.1) is 31.6 Å². The maximum Gasteiger partial charge on any atom is 0.158 e. The van der Waals surface area contributed by atoms with Gasteiger partial charge in [-0.3, -0.25) is 5.01 Å². The first-order valence-corrected chi connectivity index (χ1v) is 11.0. The number of unbranched alkanes of at least 4 members (excludes halogenated alkanes) is 1. The Morgan fingerprint density at radius 2 is 2.00 bits per heavy atom. The lowest BCUT2D eigenvalue weighted by atomic mass is 10.1. The van der Waals surface area contributed by atoms with Crippen LogP contribution < -0.4 is 4.74 Å². The number of rotatable bonds is 8. The number of nitrogens with one attached hydrogen (secondary N) is 1.